The SMILES string of the molecule is N#Cc1cc(OC2CCCCCC2)nc2ccccc12. The predicted molar refractivity (Wildman–Crippen MR) is 78.6 cm³/mol. The van der Waals surface area contributed by atoms with Crippen LogP contribution in [-0.4, -0.2) is 11.1 Å². The molecular weight excluding hydrogens is 248 g/mol. The Balaban J connectivity index is 1.89. The van der Waals surface area contributed by atoms with E-state index in [9.17, 15) is 5.26 Å². The van der Waals surface area contributed by atoms with Gasteiger partial charge in [-0.1, -0.05) is 31.0 Å². The van der Waals surface area contributed by atoms with Gasteiger partial charge in [0.05, 0.1) is 11.1 Å². The molecule has 1 aromatic heterocycles. The van der Waals surface area contributed by atoms with Crippen LogP contribution in [0.2, 0.25) is 0 Å². The van der Waals surface area contributed by atoms with E-state index in [0.717, 1.165) is 23.7 Å². The van der Waals surface area contributed by atoms with Crippen molar-refractivity contribution in [1.82, 2.24) is 4.98 Å². The summed E-state index contributed by atoms with van der Waals surface area (Å²) in [5, 5.41) is 10.2. The number of pyridine rings is 1. The summed E-state index contributed by atoms with van der Waals surface area (Å²) in [4.78, 5) is 4.54. The first-order valence-electron chi connectivity index (χ1n) is 7.33. The molecule has 1 saturated carbocycles. The molecular formula is C17H18N2O. The molecule has 1 aliphatic rings. The highest BCUT2D eigenvalue weighted by molar-refractivity contribution is 5.85. The molecule has 3 nitrogen and oxygen atoms in total. The molecule has 1 heterocycles. The standard InChI is InChI=1S/C17H18N2O/c18-12-13-11-17(19-16-10-6-5-9-15(13)16)20-14-7-3-1-2-4-8-14/h5-6,9-11,14H,1-4,7-8H2. The van der Waals surface area contributed by atoms with Crippen LogP contribution < -0.4 is 4.74 Å². The summed E-state index contributed by atoms with van der Waals surface area (Å²) in [7, 11) is 0. The third kappa shape index (κ3) is 2.75. The van der Waals surface area contributed by atoms with Crippen molar-refractivity contribution in [3.05, 3.63) is 35.9 Å². The van der Waals surface area contributed by atoms with Crippen LogP contribution in [0.5, 0.6) is 5.88 Å². The van der Waals surface area contributed by atoms with Crippen molar-refractivity contribution < 1.29 is 4.74 Å². The van der Waals surface area contributed by atoms with Crippen LogP contribution in [0.4, 0.5) is 0 Å². The van der Waals surface area contributed by atoms with E-state index in [-0.39, 0.29) is 6.10 Å². The van der Waals surface area contributed by atoms with E-state index in [1.54, 1.807) is 6.07 Å². The third-order valence-corrected chi connectivity index (χ3v) is 3.90. The summed E-state index contributed by atoms with van der Waals surface area (Å²) in [6.45, 7) is 0. The summed E-state index contributed by atoms with van der Waals surface area (Å²) in [5.41, 5.74) is 1.47. The Morgan fingerprint density at radius 2 is 1.85 bits per heavy atom. The van der Waals surface area contributed by atoms with Crippen LogP contribution in [0.3, 0.4) is 0 Å². The summed E-state index contributed by atoms with van der Waals surface area (Å²) in [5.74, 6) is 0.590. The Kier molecular flexibility index (Phi) is 3.83. The summed E-state index contributed by atoms with van der Waals surface area (Å²) in [6.07, 6.45) is 7.49. The number of aromatic nitrogens is 1. The molecule has 0 unspecified atom stereocenters. The largest absolute Gasteiger partial charge is 0.474 e. The Bertz CT molecular complexity index is 637. The van der Waals surface area contributed by atoms with Crippen LogP contribution in [0.15, 0.2) is 30.3 Å². The molecule has 0 aliphatic heterocycles. The molecule has 0 bridgehead atoms. The van der Waals surface area contributed by atoms with Crippen LogP contribution in [0, 0.1) is 11.3 Å². The smallest absolute Gasteiger partial charge is 0.215 e. The van der Waals surface area contributed by atoms with Crippen molar-refractivity contribution in [1.29, 1.82) is 5.26 Å². The highest BCUT2D eigenvalue weighted by atomic mass is 16.5. The second kappa shape index (κ2) is 5.92. The van der Waals surface area contributed by atoms with Crippen molar-refractivity contribution >= 4 is 10.9 Å². The van der Waals surface area contributed by atoms with Gasteiger partial charge in [0.1, 0.15) is 12.2 Å². The molecule has 0 spiro atoms. The average molecular weight is 266 g/mol. The number of para-hydroxylation sites is 1. The zero-order chi connectivity index (χ0) is 13.8. The molecule has 2 aromatic rings. The number of benzene rings is 1. The van der Waals surface area contributed by atoms with Crippen molar-refractivity contribution in [2.75, 3.05) is 0 Å². The maximum atomic E-state index is 9.28. The Morgan fingerprint density at radius 3 is 2.60 bits per heavy atom. The topological polar surface area (TPSA) is 45.9 Å². The average Bonchev–Trinajstić information content (AvgIpc) is 2.75. The highest BCUT2D eigenvalue weighted by Crippen LogP contribution is 2.25. The van der Waals surface area contributed by atoms with Crippen molar-refractivity contribution in [3.63, 3.8) is 0 Å². The molecule has 1 aromatic carbocycles. The Morgan fingerprint density at radius 1 is 1.10 bits per heavy atom. The van der Waals surface area contributed by atoms with Gasteiger partial charge >= 0.3 is 0 Å². The first-order chi connectivity index (χ1) is 9.86. The fourth-order valence-corrected chi connectivity index (χ4v) is 2.83. The monoisotopic (exact) mass is 266 g/mol. The summed E-state index contributed by atoms with van der Waals surface area (Å²) >= 11 is 0. The number of nitrogens with zero attached hydrogens (tertiary/aromatic N) is 2. The minimum atomic E-state index is 0.248. The lowest BCUT2D eigenvalue weighted by Gasteiger charge is -2.16. The van der Waals surface area contributed by atoms with Crippen LogP contribution in [0.25, 0.3) is 10.9 Å². The van der Waals surface area contributed by atoms with Gasteiger partial charge in [0.25, 0.3) is 0 Å². The minimum absolute atomic E-state index is 0.248. The number of ether oxygens (including phenoxy) is 1. The number of hydrogen-bond donors (Lipinski definition) is 0. The normalized spacial score (nSPS) is 16.6. The summed E-state index contributed by atoms with van der Waals surface area (Å²) < 4.78 is 6.02. The Hall–Kier alpha value is -2.08. The van der Waals surface area contributed by atoms with Gasteiger partial charge in [0, 0.05) is 11.5 Å². The van der Waals surface area contributed by atoms with Crippen LogP contribution in [0.1, 0.15) is 44.1 Å². The maximum absolute atomic E-state index is 9.28. The van der Waals surface area contributed by atoms with Gasteiger partial charge in [-0.2, -0.15) is 5.26 Å². The van der Waals surface area contributed by atoms with E-state index in [0.29, 0.717) is 11.4 Å². The fraction of sp³-hybridized carbons (Fsp3) is 0.412. The fourth-order valence-electron chi connectivity index (χ4n) is 2.83. The minimum Gasteiger partial charge on any atom is -0.474 e. The van der Waals surface area contributed by atoms with Crippen molar-refractivity contribution in [3.8, 4) is 11.9 Å². The number of hydrogen-bond acceptors (Lipinski definition) is 3. The van der Waals surface area contributed by atoms with Crippen molar-refractivity contribution in [2.24, 2.45) is 0 Å². The zero-order valence-electron chi connectivity index (χ0n) is 11.5. The lowest BCUT2D eigenvalue weighted by molar-refractivity contribution is 0.177. The highest BCUT2D eigenvalue weighted by Gasteiger charge is 2.15. The molecule has 0 N–H and O–H groups in total. The molecule has 0 amide bonds. The lowest BCUT2D eigenvalue weighted by Crippen LogP contribution is -2.16. The molecule has 20 heavy (non-hydrogen) atoms. The second-order valence-electron chi connectivity index (χ2n) is 5.37. The molecule has 0 saturated heterocycles. The van der Waals surface area contributed by atoms with E-state index >= 15 is 0 Å². The van der Waals surface area contributed by atoms with Crippen LogP contribution >= 0.6 is 0 Å². The number of rotatable bonds is 2. The molecule has 102 valence electrons. The summed E-state index contributed by atoms with van der Waals surface area (Å²) in [6, 6.07) is 11.7. The molecule has 1 aliphatic carbocycles. The van der Waals surface area contributed by atoms with Crippen LogP contribution in [-0.2, 0) is 0 Å². The second-order valence-corrected chi connectivity index (χ2v) is 5.37. The number of nitriles is 1. The molecule has 3 rings (SSSR count). The maximum Gasteiger partial charge on any atom is 0.215 e. The van der Waals surface area contributed by atoms with Gasteiger partial charge in [-0.3, -0.25) is 0 Å². The van der Waals surface area contributed by atoms with Gasteiger partial charge in [-0.05, 0) is 31.7 Å². The first-order valence-corrected chi connectivity index (χ1v) is 7.33. The Labute approximate surface area is 119 Å². The van der Waals surface area contributed by atoms with E-state index < -0.39 is 0 Å². The van der Waals surface area contributed by atoms with Gasteiger partial charge in [-0.15, -0.1) is 0 Å². The lowest BCUT2D eigenvalue weighted by atomic mass is 10.1. The van der Waals surface area contributed by atoms with Gasteiger partial charge in [0.15, 0.2) is 0 Å². The van der Waals surface area contributed by atoms with E-state index in [1.165, 1.54) is 25.7 Å². The molecule has 0 atom stereocenters. The first kappa shape index (κ1) is 12.9. The van der Waals surface area contributed by atoms with E-state index in [2.05, 4.69) is 11.1 Å². The molecule has 3 heteroatoms. The van der Waals surface area contributed by atoms with Gasteiger partial charge in [0.2, 0.25) is 5.88 Å². The molecule has 0 radical (unpaired) electrons. The molecule has 1 fully saturated rings. The number of fused-ring (bicyclic) bond motifs is 1. The van der Waals surface area contributed by atoms with E-state index in [4.69, 9.17) is 4.74 Å². The van der Waals surface area contributed by atoms with Gasteiger partial charge in [-0.25, -0.2) is 4.98 Å². The third-order valence-electron chi connectivity index (χ3n) is 3.90. The predicted octanol–water partition coefficient (Wildman–Crippen LogP) is 4.21. The van der Waals surface area contributed by atoms with Crippen molar-refractivity contribution in [2.45, 2.75) is 44.6 Å². The quantitative estimate of drug-likeness (QED) is 0.765. The van der Waals surface area contributed by atoms with Gasteiger partial charge < -0.3 is 4.74 Å². The zero-order valence-corrected chi connectivity index (χ0v) is 11.5. The van der Waals surface area contributed by atoms with E-state index in [1.807, 2.05) is 24.3 Å².